The van der Waals surface area contributed by atoms with E-state index < -0.39 is 0 Å². The van der Waals surface area contributed by atoms with E-state index in [0.717, 1.165) is 19.5 Å². The first-order valence-electron chi connectivity index (χ1n) is 5.81. The summed E-state index contributed by atoms with van der Waals surface area (Å²) in [6.07, 6.45) is 7.76. The number of amides is 1. The maximum Gasteiger partial charge on any atom is 0.222 e. The molecule has 15 heavy (non-hydrogen) atoms. The fourth-order valence-electron chi connectivity index (χ4n) is 1.70. The zero-order chi connectivity index (χ0) is 10.9. The van der Waals surface area contributed by atoms with Crippen LogP contribution in [0.15, 0.2) is 12.2 Å². The Morgan fingerprint density at radius 3 is 2.80 bits per heavy atom. The van der Waals surface area contributed by atoms with Crippen molar-refractivity contribution in [3.63, 3.8) is 0 Å². The number of allylic oxidation sites excluding steroid dienone is 1. The predicted octanol–water partition coefficient (Wildman–Crippen LogP) is 1.98. The van der Waals surface area contributed by atoms with E-state index in [1.807, 2.05) is 24.0 Å². The Morgan fingerprint density at radius 1 is 1.40 bits per heavy atom. The van der Waals surface area contributed by atoms with E-state index in [-0.39, 0.29) is 0 Å². The molecule has 0 spiro atoms. The molecule has 1 heterocycles. The highest BCUT2D eigenvalue weighted by Crippen LogP contribution is 2.09. The van der Waals surface area contributed by atoms with Crippen molar-refractivity contribution in [2.75, 3.05) is 26.3 Å². The Labute approximate surface area is 92.1 Å². The normalized spacial score (nSPS) is 16.5. The minimum atomic E-state index is 0.294. The molecule has 0 aromatic heterocycles. The minimum Gasteiger partial charge on any atom is -0.377 e. The third kappa shape index (κ3) is 4.98. The van der Waals surface area contributed by atoms with Crippen LogP contribution in [-0.4, -0.2) is 37.1 Å². The van der Waals surface area contributed by atoms with Gasteiger partial charge in [0.15, 0.2) is 0 Å². The van der Waals surface area contributed by atoms with Gasteiger partial charge in [0, 0.05) is 26.1 Å². The van der Waals surface area contributed by atoms with Gasteiger partial charge in [-0.25, -0.2) is 0 Å². The van der Waals surface area contributed by atoms with Gasteiger partial charge in [-0.3, -0.25) is 4.79 Å². The molecular weight excluding hydrogens is 190 g/mol. The van der Waals surface area contributed by atoms with Gasteiger partial charge in [-0.05, 0) is 26.2 Å². The molecule has 0 aromatic rings. The first-order valence-corrected chi connectivity index (χ1v) is 5.81. The molecule has 3 nitrogen and oxygen atoms in total. The number of hydrogen-bond donors (Lipinski definition) is 0. The molecule has 1 aliphatic heterocycles. The molecular formula is C12H21NO2. The smallest absolute Gasteiger partial charge is 0.222 e. The third-order valence-electron chi connectivity index (χ3n) is 2.59. The van der Waals surface area contributed by atoms with Crippen molar-refractivity contribution < 1.29 is 9.53 Å². The van der Waals surface area contributed by atoms with Crippen LogP contribution >= 0.6 is 0 Å². The zero-order valence-electron chi connectivity index (χ0n) is 9.58. The van der Waals surface area contributed by atoms with Gasteiger partial charge in [-0.15, -0.1) is 0 Å². The summed E-state index contributed by atoms with van der Waals surface area (Å²) in [6, 6.07) is 0. The van der Waals surface area contributed by atoms with Crippen LogP contribution in [0.2, 0.25) is 0 Å². The zero-order valence-corrected chi connectivity index (χ0v) is 9.58. The summed E-state index contributed by atoms with van der Waals surface area (Å²) in [5.41, 5.74) is 0. The van der Waals surface area contributed by atoms with Crippen LogP contribution < -0.4 is 0 Å². The molecule has 0 N–H and O–H groups in total. The molecule has 1 aliphatic rings. The Balaban J connectivity index is 1.97. The molecule has 1 saturated heterocycles. The highest BCUT2D eigenvalue weighted by Gasteiger charge is 2.16. The van der Waals surface area contributed by atoms with E-state index in [2.05, 4.69) is 0 Å². The maximum absolute atomic E-state index is 11.6. The van der Waals surface area contributed by atoms with Crippen molar-refractivity contribution in [1.29, 1.82) is 0 Å². The topological polar surface area (TPSA) is 29.5 Å². The lowest BCUT2D eigenvalue weighted by atomic mass is 10.3. The van der Waals surface area contributed by atoms with Crippen LogP contribution in [0.4, 0.5) is 0 Å². The van der Waals surface area contributed by atoms with E-state index in [1.165, 1.54) is 12.8 Å². The van der Waals surface area contributed by atoms with Gasteiger partial charge in [-0.2, -0.15) is 0 Å². The average Bonchev–Trinajstić information content (AvgIpc) is 2.76. The highest BCUT2D eigenvalue weighted by molar-refractivity contribution is 5.76. The summed E-state index contributed by atoms with van der Waals surface area (Å²) >= 11 is 0. The standard InChI is InChI=1S/C12H21NO2/c1-2-3-10-15-11-6-7-12(14)13-8-4-5-9-13/h2-3H,4-11H2,1H3/b3-2+. The molecule has 1 rings (SSSR count). The second-order valence-corrected chi connectivity index (χ2v) is 3.84. The Bertz CT molecular complexity index is 208. The molecule has 86 valence electrons. The monoisotopic (exact) mass is 211 g/mol. The van der Waals surface area contributed by atoms with Gasteiger partial charge in [-0.1, -0.05) is 12.2 Å². The van der Waals surface area contributed by atoms with Crippen LogP contribution in [0.5, 0.6) is 0 Å². The number of nitrogens with zero attached hydrogens (tertiary/aromatic N) is 1. The summed E-state index contributed by atoms with van der Waals surface area (Å²) in [5.74, 6) is 0.294. The third-order valence-corrected chi connectivity index (χ3v) is 2.59. The number of likely N-dealkylation sites (tertiary alicyclic amines) is 1. The van der Waals surface area contributed by atoms with E-state index in [1.54, 1.807) is 0 Å². The van der Waals surface area contributed by atoms with Crippen molar-refractivity contribution in [2.24, 2.45) is 0 Å². The van der Waals surface area contributed by atoms with Gasteiger partial charge in [0.2, 0.25) is 5.91 Å². The summed E-state index contributed by atoms with van der Waals surface area (Å²) in [7, 11) is 0. The number of carbonyl (C=O) groups is 1. The Hall–Kier alpha value is -0.830. The predicted molar refractivity (Wildman–Crippen MR) is 60.7 cm³/mol. The van der Waals surface area contributed by atoms with Gasteiger partial charge in [0.25, 0.3) is 0 Å². The molecule has 0 aromatic carbocycles. The first-order chi connectivity index (χ1) is 7.34. The Morgan fingerprint density at radius 2 is 2.13 bits per heavy atom. The summed E-state index contributed by atoms with van der Waals surface area (Å²) in [6.45, 7) is 5.23. The lowest BCUT2D eigenvalue weighted by Gasteiger charge is -2.14. The van der Waals surface area contributed by atoms with Crippen LogP contribution in [0.3, 0.4) is 0 Å². The second kappa shape index (κ2) is 7.46. The van der Waals surface area contributed by atoms with Gasteiger partial charge < -0.3 is 9.64 Å². The molecule has 0 unspecified atom stereocenters. The van der Waals surface area contributed by atoms with E-state index in [0.29, 0.717) is 25.5 Å². The lowest BCUT2D eigenvalue weighted by molar-refractivity contribution is -0.130. The van der Waals surface area contributed by atoms with Crippen LogP contribution in [0.25, 0.3) is 0 Å². The lowest BCUT2D eigenvalue weighted by Crippen LogP contribution is -2.27. The summed E-state index contributed by atoms with van der Waals surface area (Å²) < 4.78 is 5.33. The van der Waals surface area contributed by atoms with Crippen molar-refractivity contribution in [3.8, 4) is 0 Å². The van der Waals surface area contributed by atoms with Gasteiger partial charge in [0.05, 0.1) is 6.61 Å². The highest BCUT2D eigenvalue weighted by atomic mass is 16.5. The molecule has 0 atom stereocenters. The van der Waals surface area contributed by atoms with Crippen molar-refractivity contribution >= 4 is 5.91 Å². The van der Waals surface area contributed by atoms with E-state index >= 15 is 0 Å². The molecule has 3 heteroatoms. The number of hydrogen-bond acceptors (Lipinski definition) is 2. The van der Waals surface area contributed by atoms with Gasteiger partial charge >= 0.3 is 0 Å². The molecule has 0 radical (unpaired) electrons. The van der Waals surface area contributed by atoms with Crippen LogP contribution in [0, 0.1) is 0 Å². The largest absolute Gasteiger partial charge is 0.377 e. The first kappa shape index (κ1) is 12.2. The number of ether oxygens (including phenoxy) is 1. The van der Waals surface area contributed by atoms with E-state index in [4.69, 9.17) is 4.74 Å². The fraction of sp³-hybridized carbons (Fsp3) is 0.750. The second-order valence-electron chi connectivity index (χ2n) is 3.84. The molecule has 1 amide bonds. The number of rotatable bonds is 6. The van der Waals surface area contributed by atoms with Gasteiger partial charge in [0.1, 0.15) is 0 Å². The van der Waals surface area contributed by atoms with Crippen molar-refractivity contribution in [3.05, 3.63) is 12.2 Å². The SMILES string of the molecule is C/C=C/COCCCC(=O)N1CCCC1. The van der Waals surface area contributed by atoms with Crippen molar-refractivity contribution in [1.82, 2.24) is 4.90 Å². The molecule has 0 bridgehead atoms. The minimum absolute atomic E-state index is 0.294. The van der Waals surface area contributed by atoms with Crippen LogP contribution in [-0.2, 0) is 9.53 Å². The summed E-state index contributed by atoms with van der Waals surface area (Å²) in [5, 5.41) is 0. The van der Waals surface area contributed by atoms with Crippen molar-refractivity contribution in [2.45, 2.75) is 32.6 Å². The molecule has 1 fully saturated rings. The average molecular weight is 211 g/mol. The quantitative estimate of drug-likeness (QED) is 0.496. The van der Waals surface area contributed by atoms with E-state index in [9.17, 15) is 4.79 Å². The van der Waals surface area contributed by atoms with Crippen LogP contribution in [0.1, 0.15) is 32.6 Å². The number of carbonyl (C=O) groups excluding carboxylic acids is 1. The maximum atomic E-state index is 11.6. The fourth-order valence-corrected chi connectivity index (χ4v) is 1.70. The summed E-state index contributed by atoms with van der Waals surface area (Å²) in [4.78, 5) is 13.6. The molecule has 0 aliphatic carbocycles. The molecule has 0 saturated carbocycles. The Kier molecular flexibility index (Phi) is 6.09.